The van der Waals surface area contributed by atoms with Crippen LogP contribution in [-0.4, -0.2) is 24.2 Å². The van der Waals surface area contributed by atoms with Gasteiger partial charge in [0.1, 0.15) is 11.5 Å². The second-order valence-corrected chi connectivity index (χ2v) is 7.75. The summed E-state index contributed by atoms with van der Waals surface area (Å²) in [6, 6.07) is 14.6. The van der Waals surface area contributed by atoms with Crippen LogP contribution in [0.15, 0.2) is 48.5 Å². The Labute approximate surface area is 172 Å². The van der Waals surface area contributed by atoms with Gasteiger partial charge >= 0.3 is 0 Å². The Kier molecular flexibility index (Phi) is 8.26. The molecule has 0 saturated heterocycles. The number of carbonyl (C=O) groups is 1. The van der Waals surface area contributed by atoms with Gasteiger partial charge in [-0.3, -0.25) is 10.1 Å². The van der Waals surface area contributed by atoms with Crippen LogP contribution in [-0.2, 0) is 0 Å². The van der Waals surface area contributed by atoms with E-state index in [1.54, 1.807) is 18.2 Å². The molecule has 0 aliphatic rings. The van der Waals surface area contributed by atoms with Crippen molar-refractivity contribution in [3.8, 4) is 11.5 Å². The monoisotopic (exact) mass is 400 g/mol. The fourth-order valence-corrected chi connectivity index (χ4v) is 2.48. The van der Waals surface area contributed by atoms with E-state index in [0.29, 0.717) is 36.4 Å². The first-order chi connectivity index (χ1) is 13.3. The maximum absolute atomic E-state index is 12.6. The topological polar surface area (TPSA) is 59.6 Å². The van der Waals surface area contributed by atoms with Crippen molar-refractivity contribution in [3.63, 3.8) is 0 Å². The van der Waals surface area contributed by atoms with Gasteiger partial charge in [-0.1, -0.05) is 39.8 Å². The Morgan fingerprint density at radius 3 is 2.18 bits per heavy atom. The molecule has 0 spiro atoms. The molecule has 5 nitrogen and oxygen atoms in total. The summed E-state index contributed by atoms with van der Waals surface area (Å²) in [5, 5.41) is 5.93. The third-order valence-corrected chi connectivity index (χ3v) is 3.83. The largest absolute Gasteiger partial charge is 0.493 e. The zero-order valence-corrected chi connectivity index (χ0v) is 17.6. The van der Waals surface area contributed by atoms with Crippen molar-refractivity contribution >= 4 is 28.9 Å². The molecule has 0 fully saturated rings. The third kappa shape index (κ3) is 7.19. The molecule has 0 aliphatic heterocycles. The number of hydrogen-bond acceptors (Lipinski definition) is 4. The van der Waals surface area contributed by atoms with Crippen molar-refractivity contribution in [3.05, 3.63) is 54.1 Å². The molecule has 0 saturated carbocycles. The van der Waals surface area contributed by atoms with E-state index in [1.807, 2.05) is 30.3 Å². The molecular weight excluding hydrogens is 372 g/mol. The molecule has 6 heteroatoms. The van der Waals surface area contributed by atoms with E-state index in [4.69, 9.17) is 21.7 Å². The van der Waals surface area contributed by atoms with Crippen LogP contribution in [0.25, 0.3) is 0 Å². The molecule has 2 N–H and O–H groups in total. The van der Waals surface area contributed by atoms with Gasteiger partial charge in [0.2, 0.25) is 0 Å². The zero-order valence-electron chi connectivity index (χ0n) is 16.8. The van der Waals surface area contributed by atoms with Crippen LogP contribution in [0.4, 0.5) is 5.69 Å². The van der Waals surface area contributed by atoms with Gasteiger partial charge < -0.3 is 14.8 Å². The Bertz CT molecular complexity index is 789. The highest BCUT2D eigenvalue weighted by atomic mass is 32.1. The smallest absolute Gasteiger partial charge is 0.261 e. The van der Waals surface area contributed by atoms with Gasteiger partial charge in [-0.05, 0) is 60.5 Å². The van der Waals surface area contributed by atoms with Crippen molar-refractivity contribution in [2.75, 3.05) is 18.5 Å². The quantitative estimate of drug-likeness (QED) is 0.618. The number of thiocarbonyl (C=S) groups is 1. The van der Waals surface area contributed by atoms with E-state index in [9.17, 15) is 4.79 Å². The number of carbonyl (C=O) groups excluding carboxylic acids is 1. The minimum Gasteiger partial charge on any atom is -0.493 e. The van der Waals surface area contributed by atoms with Crippen LogP contribution < -0.4 is 20.1 Å². The predicted molar refractivity (Wildman–Crippen MR) is 117 cm³/mol. The summed E-state index contributed by atoms with van der Waals surface area (Å²) in [4.78, 5) is 12.6. The van der Waals surface area contributed by atoms with E-state index in [-0.39, 0.29) is 11.0 Å². The number of rotatable bonds is 8. The lowest BCUT2D eigenvalue weighted by atomic mass is 10.2. The lowest BCUT2D eigenvalue weighted by molar-refractivity contribution is 0.0973. The van der Waals surface area contributed by atoms with Crippen molar-refractivity contribution in [2.24, 2.45) is 11.8 Å². The number of ether oxygens (including phenoxy) is 2. The van der Waals surface area contributed by atoms with Gasteiger partial charge in [0, 0.05) is 5.69 Å². The summed E-state index contributed by atoms with van der Waals surface area (Å²) in [6.45, 7) is 9.52. The Balaban J connectivity index is 1.93. The summed E-state index contributed by atoms with van der Waals surface area (Å²) < 4.78 is 11.4. The van der Waals surface area contributed by atoms with E-state index in [2.05, 4.69) is 38.3 Å². The first-order valence-corrected chi connectivity index (χ1v) is 9.83. The van der Waals surface area contributed by atoms with Crippen LogP contribution in [0.5, 0.6) is 11.5 Å². The summed E-state index contributed by atoms with van der Waals surface area (Å²) in [5.74, 6) is 1.86. The minimum atomic E-state index is -0.311. The fraction of sp³-hybridized carbons (Fsp3) is 0.364. The van der Waals surface area contributed by atoms with Gasteiger partial charge in [-0.2, -0.15) is 0 Å². The van der Waals surface area contributed by atoms with Crippen LogP contribution in [0.2, 0.25) is 0 Å². The molecule has 0 unspecified atom stereocenters. The van der Waals surface area contributed by atoms with Crippen molar-refractivity contribution in [1.29, 1.82) is 0 Å². The molecule has 150 valence electrons. The summed E-state index contributed by atoms with van der Waals surface area (Å²) in [6.07, 6.45) is 0. The molecule has 2 aromatic carbocycles. The van der Waals surface area contributed by atoms with Gasteiger partial charge in [-0.15, -0.1) is 0 Å². The third-order valence-electron chi connectivity index (χ3n) is 3.63. The predicted octanol–water partition coefficient (Wildman–Crippen LogP) is 4.88. The van der Waals surface area contributed by atoms with E-state index in [0.717, 1.165) is 11.4 Å². The van der Waals surface area contributed by atoms with Gasteiger partial charge in [-0.25, -0.2) is 0 Å². The van der Waals surface area contributed by atoms with E-state index in [1.165, 1.54) is 0 Å². The molecule has 0 radical (unpaired) electrons. The average molecular weight is 401 g/mol. The van der Waals surface area contributed by atoms with Crippen LogP contribution in [0, 0.1) is 11.8 Å². The first kappa shape index (κ1) is 21.7. The molecule has 2 rings (SSSR count). The molecule has 0 aliphatic carbocycles. The molecule has 0 atom stereocenters. The minimum absolute atomic E-state index is 0.222. The van der Waals surface area contributed by atoms with Crippen molar-refractivity contribution in [1.82, 2.24) is 5.32 Å². The molecule has 0 aromatic heterocycles. The lowest BCUT2D eigenvalue weighted by Gasteiger charge is -2.14. The highest BCUT2D eigenvalue weighted by Gasteiger charge is 2.14. The average Bonchev–Trinajstić information content (AvgIpc) is 2.65. The Morgan fingerprint density at radius 2 is 1.54 bits per heavy atom. The lowest BCUT2D eigenvalue weighted by Crippen LogP contribution is -2.34. The molecule has 1 amide bonds. The van der Waals surface area contributed by atoms with E-state index < -0.39 is 0 Å². The second-order valence-electron chi connectivity index (χ2n) is 7.34. The Morgan fingerprint density at radius 1 is 0.929 bits per heavy atom. The highest BCUT2D eigenvalue weighted by Crippen LogP contribution is 2.19. The van der Waals surface area contributed by atoms with E-state index >= 15 is 0 Å². The summed E-state index contributed by atoms with van der Waals surface area (Å²) in [7, 11) is 0. The first-order valence-electron chi connectivity index (χ1n) is 9.42. The number of anilines is 1. The molecule has 0 bridgehead atoms. The van der Waals surface area contributed by atoms with Crippen LogP contribution >= 0.6 is 12.2 Å². The maximum atomic E-state index is 12.6. The van der Waals surface area contributed by atoms with Crippen LogP contribution in [0.1, 0.15) is 38.1 Å². The summed E-state index contributed by atoms with van der Waals surface area (Å²) in [5.41, 5.74) is 1.22. The molecule has 2 aromatic rings. The normalized spacial score (nSPS) is 10.6. The molecule has 0 heterocycles. The maximum Gasteiger partial charge on any atom is 0.261 e. The summed E-state index contributed by atoms with van der Waals surface area (Å²) >= 11 is 5.26. The Hall–Kier alpha value is -2.60. The van der Waals surface area contributed by atoms with Crippen molar-refractivity contribution in [2.45, 2.75) is 27.7 Å². The number of nitrogens with one attached hydrogen (secondary N) is 2. The number of hydrogen-bond donors (Lipinski definition) is 2. The molecular formula is C22H28N2O3S. The van der Waals surface area contributed by atoms with Gasteiger partial charge in [0.05, 0.1) is 18.8 Å². The van der Waals surface area contributed by atoms with Crippen LogP contribution in [0.3, 0.4) is 0 Å². The number of amides is 1. The van der Waals surface area contributed by atoms with Gasteiger partial charge in [0.25, 0.3) is 5.91 Å². The van der Waals surface area contributed by atoms with Crippen molar-refractivity contribution < 1.29 is 14.3 Å². The molecule has 28 heavy (non-hydrogen) atoms. The SMILES string of the molecule is CC(C)COc1ccc(NC(=S)NC(=O)c2ccccc2OCC(C)C)cc1. The fourth-order valence-electron chi connectivity index (χ4n) is 2.27. The number of benzene rings is 2. The zero-order chi connectivity index (χ0) is 20.5. The highest BCUT2D eigenvalue weighted by molar-refractivity contribution is 7.80. The second kappa shape index (κ2) is 10.7. The number of para-hydroxylation sites is 1. The standard InChI is InChI=1S/C22H28N2O3S/c1-15(2)13-26-18-11-9-17(10-12-18)23-22(28)24-21(25)19-7-5-6-8-20(19)27-14-16(3)4/h5-12,15-16H,13-14H2,1-4H3,(H2,23,24,25,28). The van der Waals surface area contributed by atoms with Gasteiger partial charge in [0.15, 0.2) is 5.11 Å².